The van der Waals surface area contributed by atoms with Crippen molar-refractivity contribution in [1.29, 1.82) is 0 Å². The summed E-state index contributed by atoms with van der Waals surface area (Å²) in [5.41, 5.74) is 0. The van der Waals surface area contributed by atoms with Gasteiger partial charge in [-0.2, -0.15) is 9.29 Å². The number of hydrogen-bond donors (Lipinski definition) is 1. The SMILES string of the molecule is CNc1ncc(Cl)c(N2CCN(S(C)(=O)=O)CC2)n1. The Balaban J connectivity index is 2.13. The Hall–Kier alpha value is -1.12. The summed E-state index contributed by atoms with van der Waals surface area (Å²) in [6.07, 6.45) is 2.76. The molecule has 1 aromatic heterocycles. The van der Waals surface area contributed by atoms with Crippen molar-refractivity contribution in [1.82, 2.24) is 14.3 Å². The van der Waals surface area contributed by atoms with E-state index in [0.717, 1.165) is 0 Å². The third-order valence-electron chi connectivity index (χ3n) is 2.96. The van der Waals surface area contributed by atoms with Crippen molar-refractivity contribution in [2.75, 3.05) is 49.7 Å². The van der Waals surface area contributed by atoms with Crippen LogP contribution in [0.5, 0.6) is 0 Å². The molecule has 1 aromatic rings. The topological polar surface area (TPSA) is 78.4 Å². The molecular weight excluding hydrogens is 290 g/mol. The Kier molecular flexibility index (Phi) is 4.12. The van der Waals surface area contributed by atoms with Crippen molar-refractivity contribution in [3.63, 3.8) is 0 Å². The molecule has 1 aliphatic heterocycles. The number of anilines is 2. The molecule has 1 fully saturated rings. The van der Waals surface area contributed by atoms with Gasteiger partial charge in [0, 0.05) is 33.2 Å². The minimum absolute atomic E-state index is 0.439. The van der Waals surface area contributed by atoms with Crippen LogP contribution in [-0.4, -0.2) is 62.2 Å². The van der Waals surface area contributed by atoms with E-state index in [1.807, 2.05) is 4.90 Å². The number of sulfonamides is 1. The third-order valence-corrected chi connectivity index (χ3v) is 4.53. The molecule has 19 heavy (non-hydrogen) atoms. The van der Waals surface area contributed by atoms with Crippen LogP contribution >= 0.6 is 11.6 Å². The van der Waals surface area contributed by atoms with E-state index >= 15 is 0 Å². The van der Waals surface area contributed by atoms with Gasteiger partial charge in [-0.15, -0.1) is 0 Å². The highest BCUT2D eigenvalue weighted by Crippen LogP contribution is 2.24. The molecule has 9 heteroatoms. The Morgan fingerprint density at radius 1 is 1.32 bits per heavy atom. The minimum Gasteiger partial charge on any atom is -0.357 e. The quantitative estimate of drug-likeness (QED) is 0.863. The molecule has 2 heterocycles. The maximum Gasteiger partial charge on any atom is 0.224 e. The van der Waals surface area contributed by atoms with E-state index in [2.05, 4.69) is 15.3 Å². The summed E-state index contributed by atoms with van der Waals surface area (Å²) in [5.74, 6) is 1.12. The molecule has 0 amide bonds. The van der Waals surface area contributed by atoms with Crippen LogP contribution in [0.1, 0.15) is 0 Å². The first-order valence-electron chi connectivity index (χ1n) is 5.82. The molecule has 2 rings (SSSR count). The first-order valence-corrected chi connectivity index (χ1v) is 8.05. The van der Waals surface area contributed by atoms with Crippen LogP contribution in [0.2, 0.25) is 5.02 Å². The van der Waals surface area contributed by atoms with E-state index in [-0.39, 0.29) is 0 Å². The lowest BCUT2D eigenvalue weighted by molar-refractivity contribution is 0.387. The van der Waals surface area contributed by atoms with Crippen LogP contribution in [0.25, 0.3) is 0 Å². The predicted octanol–water partition coefficient (Wildman–Crippen LogP) is 0.253. The third kappa shape index (κ3) is 3.26. The van der Waals surface area contributed by atoms with Gasteiger partial charge < -0.3 is 10.2 Å². The van der Waals surface area contributed by atoms with E-state index in [1.165, 1.54) is 10.6 Å². The largest absolute Gasteiger partial charge is 0.357 e. The van der Waals surface area contributed by atoms with Gasteiger partial charge in [0.25, 0.3) is 0 Å². The fourth-order valence-corrected chi connectivity index (χ4v) is 2.97. The molecular formula is C10H16ClN5O2S. The van der Waals surface area contributed by atoms with Crippen LogP contribution in [0, 0.1) is 0 Å². The monoisotopic (exact) mass is 305 g/mol. The molecule has 106 valence electrons. The number of nitrogens with one attached hydrogen (secondary N) is 1. The first kappa shape index (κ1) is 14.3. The molecule has 0 radical (unpaired) electrons. The Morgan fingerprint density at radius 3 is 2.47 bits per heavy atom. The summed E-state index contributed by atoms with van der Waals surface area (Å²) in [5, 5.41) is 3.32. The standard InChI is InChI=1S/C10H16ClN5O2S/c1-12-10-13-7-8(11)9(14-10)15-3-5-16(6-4-15)19(2,17)18/h7H,3-6H2,1-2H3,(H,12,13,14). The van der Waals surface area contributed by atoms with Crippen molar-refractivity contribution in [2.24, 2.45) is 0 Å². The van der Waals surface area contributed by atoms with Gasteiger partial charge in [0.1, 0.15) is 5.02 Å². The number of nitrogens with zero attached hydrogens (tertiary/aromatic N) is 4. The van der Waals surface area contributed by atoms with Gasteiger partial charge >= 0.3 is 0 Å². The van der Waals surface area contributed by atoms with Gasteiger partial charge in [0.05, 0.1) is 12.5 Å². The number of aromatic nitrogens is 2. The average Bonchev–Trinajstić information content (AvgIpc) is 2.38. The highest BCUT2D eigenvalue weighted by Gasteiger charge is 2.25. The number of rotatable bonds is 3. The van der Waals surface area contributed by atoms with Crippen LogP contribution in [0.3, 0.4) is 0 Å². The van der Waals surface area contributed by atoms with Crippen LogP contribution in [0.15, 0.2) is 6.20 Å². The molecule has 0 aromatic carbocycles. The normalized spacial score (nSPS) is 17.5. The molecule has 0 atom stereocenters. The Labute approximate surface area is 117 Å². The number of piperazine rings is 1. The zero-order valence-corrected chi connectivity index (χ0v) is 12.4. The summed E-state index contributed by atoms with van der Waals surface area (Å²) in [6, 6.07) is 0. The van der Waals surface area contributed by atoms with E-state index in [9.17, 15) is 8.42 Å². The van der Waals surface area contributed by atoms with Crippen molar-refractivity contribution in [3.05, 3.63) is 11.2 Å². The number of halogens is 1. The van der Waals surface area contributed by atoms with Crippen molar-refractivity contribution in [2.45, 2.75) is 0 Å². The molecule has 1 N–H and O–H groups in total. The molecule has 0 aliphatic carbocycles. The summed E-state index contributed by atoms with van der Waals surface area (Å²) in [7, 11) is -1.40. The van der Waals surface area contributed by atoms with E-state index in [1.54, 1.807) is 13.2 Å². The van der Waals surface area contributed by atoms with Crippen molar-refractivity contribution >= 4 is 33.4 Å². The zero-order chi connectivity index (χ0) is 14.0. The zero-order valence-electron chi connectivity index (χ0n) is 10.8. The average molecular weight is 306 g/mol. The summed E-state index contributed by atoms with van der Waals surface area (Å²) in [4.78, 5) is 10.3. The summed E-state index contributed by atoms with van der Waals surface area (Å²) < 4.78 is 24.3. The molecule has 1 aliphatic rings. The molecule has 0 spiro atoms. The lowest BCUT2D eigenvalue weighted by atomic mass is 10.3. The maximum absolute atomic E-state index is 11.4. The molecule has 0 saturated carbocycles. The lowest BCUT2D eigenvalue weighted by Gasteiger charge is -2.34. The molecule has 0 unspecified atom stereocenters. The molecule has 7 nitrogen and oxygen atoms in total. The molecule has 0 bridgehead atoms. The fraction of sp³-hybridized carbons (Fsp3) is 0.600. The van der Waals surface area contributed by atoms with Gasteiger partial charge in [-0.1, -0.05) is 11.6 Å². The predicted molar refractivity (Wildman–Crippen MR) is 75.2 cm³/mol. The van der Waals surface area contributed by atoms with Gasteiger partial charge in [-0.3, -0.25) is 0 Å². The highest BCUT2D eigenvalue weighted by molar-refractivity contribution is 7.88. The van der Waals surface area contributed by atoms with Crippen molar-refractivity contribution in [3.8, 4) is 0 Å². The second-order valence-electron chi connectivity index (χ2n) is 4.26. The first-order chi connectivity index (χ1) is 8.91. The lowest BCUT2D eigenvalue weighted by Crippen LogP contribution is -2.48. The van der Waals surface area contributed by atoms with Gasteiger partial charge in [0.2, 0.25) is 16.0 Å². The highest BCUT2D eigenvalue weighted by atomic mass is 35.5. The van der Waals surface area contributed by atoms with Crippen molar-refractivity contribution < 1.29 is 8.42 Å². The minimum atomic E-state index is -3.13. The van der Waals surface area contributed by atoms with Gasteiger partial charge in [0.15, 0.2) is 5.82 Å². The Bertz CT molecular complexity index is 557. The van der Waals surface area contributed by atoms with Gasteiger partial charge in [-0.05, 0) is 0 Å². The van der Waals surface area contributed by atoms with E-state index in [0.29, 0.717) is 43.0 Å². The number of hydrogen-bond acceptors (Lipinski definition) is 6. The fourth-order valence-electron chi connectivity index (χ4n) is 1.93. The molecule has 1 saturated heterocycles. The smallest absolute Gasteiger partial charge is 0.224 e. The Morgan fingerprint density at radius 2 is 1.95 bits per heavy atom. The van der Waals surface area contributed by atoms with Crippen LogP contribution in [0.4, 0.5) is 11.8 Å². The van der Waals surface area contributed by atoms with E-state index < -0.39 is 10.0 Å². The summed E-state index contributed by atoms with van der Waals surface area (Å²) >= 11 is 6.09. The van der Waals surface area contributed by atoms with Gasteiger partial charge in [-0.25, -0.2) is 13.4 Å². The summed E-state index contributed by atoms with van der Waals surface area (Å²) in [6.45, 7) is 2.00. The second-order valence-corrected chi connectivity index (χ2v) is 6.65. The van der Waals surface area contributed by atoms with E-state index in [4.69, 9.17) is 11.6 Å². The van der Waals surface area contributed by atoms with Crippen LogP contribution < -0.4 is 10.2 Å². The second kappa shape index (κ2) is 5.48. The van der Waals surface area contributed by atoms with Crippen LogP contribution in [-0.2, 0) is 10.0 Å². The maximum atomic E-state index is 11.4.